The molecule has 20 heavy (non-hydrogen) atoms. The largest absolute Gasteiger partial charge is 0.368 e. The van der Waals surface area contributed by atoms with E-state index >= 15 is 0 Å². The molecule has 0 bridgehead atoms. The highest BCUT2D eigenvalue weighted by Crippen LogP contribution is 2.23. The number of amides is 1. The van der Waals surface area contributed by atoms with Crippen molar-refractivity contribution in [3.8, 4) is 0 Å². The molecule has 0 aliphatic carbocycles. The Morgan fingerprint density at radius 3 is 2.95 bits per heavy atom. The van der Waals surface area contributed by atoms with Gasteiger partial charge in [0.15, 0.2) is 5.65 Å². The zero-order valence-electron chi connectivity index (χ0n) is 11.1. The molecule has 1 aliphatic rings. The molecule has 2 aromatic heterocycles. The molecule has 3 rings (SSSR count). The number of carbonyl (C=O) groups is 1. The topological polar surface area (TPSA) is 93.8 Å². The number of primary amides is 1. The predicted octanol–water partition coefficient (Wildman–Crippen LogP) is 0.421. The molecular formula is C14H17N5O. The molecule has 3 heterocycles. The van der Waals surface area contributed by atoms with Crippen LogP contribution < -0.4 is 11.1 Å². The van der Waals surface area contributed by atoms with Crippen LogP contribution in [0.25, 0.3) is 11.2 Å². The molecule has 6 nitrogen and oxygen atoms in total. The maximum atomic E-state index is 11.3. The summed E-state index contributed by atoms with van der Waals surface area (Å²) in [7, 11) is 0. The second-order valence-electron chi connectivity index (χ2n) is 5.20. The van der Waals surface area contributed by atoms with Crippen molar-refractivity contribution in [2.45, 2.75) is 25.3 Å². The first-order chi connectivity index (χ1) is 9.74. The second-order valence-corrected chi connectivity index (χ2v) is 5.20. The monoisotopic (exact) mass is 271 g/mol. The Labute approximate surface area is 116 Å². The normalized spacial score (nSPS) is 22.8. The Bertz CT molecular complexity index is 624. The van der Waals surface area contributed by atoms with Gasteiger partial charge in [-0.3, -0.25) is 9.78 Å². The first-order valence-electron chi connectivity index (χ1n) is 6.81. The minimum atomic E-state index is -0.269. The first-order valence-corrected chi connectivity index (χ1v) is 6.81. The number of nitrogens with two attached hydrogens (primary N) is 1. The summed E-state index contributed by atoms with van der Waals surface area (Å²) in [6.07, 6.45) is 7.78. The molecule has 1 fully saturated rings. The Balaban J connectivity index is 1.81. The highest BCUT2D eigenvalue weighted by atomic mass is 16.1. The van der Waals surface area contributed by atoms with Gasteiger partial charge < -0.3 is 11.1 Å². The van der Waals surface area contributed by atoms with Gasteiger partial charge in [-0.15, -0.1) is 0 Å². The number of aromatic nitrogens is 3. The molecule has 2 unspecified atom stereocenters. The van der Waals surface area contributed by atoms with Crippen LogP contribution in [0.4, 0.5) is 0 Å². The quantitative estimate of drug-likeness (QED) is 0.844. The van der Waals surface area contributed by atoms with E-state index < -0.39 is 0 Å². The number of carbonyl (C=O) groups excluding carboxylic acids is 1. The summed E-state index contributed by atoms with van der Waals surface area (Å²) in [6.45, 7) is 0.826. The highest BCUT2D eigenvalue weighted by Gasteiger charge is 2.25. The van der Waals surface area contributed by atoms with Gasteiger partial charge in [-0.2, -0.15) is 0 Å². The van der Waals surface area contributed by atoms with E-state index in [1.54, 1.807) is 18.6 Å². The molecular weight excluding hydrogens is 254 g/mol. The number of piperidine rings is 1. The van der Waals surface area contributed by atoms with Gasteiger partial charge in [0.1, 0.15) is 5.52 Å². The molecule has 2 aromatic rings. The molecule has 0 aromatic carbocycles. The van der Waals surface area contributed by atoms with Gasteiger partial charge in [0.2, 0.25) is 5.91 Å². The lowest BCUT2D eigenvalue weighted by Gasteiger charge is -2.28. The standard InChI is InChI=1S/C14H17N5O/c15-13(20)11-8-9(1-3-16-11)7-10-2-4-18-14-12(10)17-5-6-19-14/h2,4-6,9,11,16H,1,3,7-8H2,(H2,15,20). The van der Waals surface area contributed by atoms with Crippen LogP contribution in [-0.2, 0) is 11.2 Å². The van der Waals surface area contributed by atoms with Crippen molar-refractivity contribution >= 4 is 17.1 Å². The summed E-state index contributed by atoms with van der Waals surface area (Å²) in [5.74, 6) is 0.162. The Kier molecular flexibility index (Phi) is 3.56. The van der Waals surface area contributed by atoms with Crippen molar-refractivity contribution in [1.29, 1.82) is 0 Å². The van der Waals surface area contributed by atoms with E-state index in [1.165, 1.54) is 0 Å². The lowest BCUT2D eigenvalue weighted by Crippen LogP contribution is -2.47. The molecule has 1 saturated heterocycles. The SMILES string of the molecule is NC(=O)C1CC(Cc2ccnc3nccnc23)CCN1. The molecule has 0 saturated carbocycles. The van der Waals surface area contributed by atoms with Crippen molar-refractivity contribution < 1.29 is 4.79 Å². The van der Waals surface area contributed by atoms with Crippen LogP contribution in [0.2, 0.25) is 0 Å². The van der Waals surface area contributed by atoms with Gasteiger partial charge in [-0.25, -0.2) is 9.97 Å². The lowest BCUT2D eigenvalue weighted by molar-refractivity contribution is -0.120. The zero-order valence-corrected chi connectivity index (χ0v) is 11.1. The fourth-order valence-corrected chi connectivity index (χ4v) is 2.80. The fourth-order valence-electron chi connectivity index (χ4n) is 2.80. The van der Waals surface area contributed by atoms with Crippen LogP contribution >= 0.6 is 0 Å². The number of hydrogen-bond acceptors (Lipinski definition) is 5. The number of fused-ring (bicyclic) bond motifs is 1. The average Bonchev–Trinajstić information content (AvgIpc) is 2.48. The molecule has 104 valence electrons. The third kappa shape index (κ3) is 2.60. The van der Waals surface area contributed by atoms with E-state index in [0.29, 0.717) is 11.6 Å². The van der Waals surface area contributed by atoms with Gasteiger partial charge in [-0.1, -0.05) is 0 Å². The van der Waals surface area contributed by atoms with Crippen LogP contribution in [0.3, 0.4) is 0 Å². The smallest absolute Gasteiger partial charge is 0.234 e. The number of rotatable bonds is 3. The maximum absolute atomic E-state index is 11.3. The average molecular weight is 271 g/mol. The van der Waals surface area contributed by atoms with Crippen LogP contribution in [-0.4, -0.2) is 33.4 Å². The third-order valence-electron chi connectivity index (χ3n) is 3.82. The van der Waals surface area contributed by atoms with Crippen molar-refractivity contribution in [3.05, 3.63) is 30.2 Å². The van der Waals surface area contributed by atoms with Crippen molar-refractivity contribution in [3.63, 3.8) is 0 Å². The van der Waals surface area contributed by atoms with Gasteiger partial charge in [0, 0.05) is 18.6 Å². The second kappa shape index (κ2) is 5.50. The Morgan fingerprint density at radius 1 is 1.30 bits per heavy atom. The van der Waals surface area contributed by atoms with Crippen LogP contribution in [0, 0.1) is 5.92 Å². The van der Waals surface area contributed by atoms with Crippen LogP contribution in [0.15, 0.2) is 24.7 Å². The highest BCUT2D eigenvalue weighted by molar-refractivity contribution is 5.80. The zero-order chi connectivity index (χ0) is 13.9. The fraction of sp³-hybridized carbons (Fsp3) is 0.429. The van der Waals surface area contributed by atoms with E-state index in [-0.39, 0.29) is 11.9 Å². The van der Waals surface area contributed by atoms with Gasteiger partial charge in [-0.05, 0) is 43.4 Å². The molecule has 0 spiro atoms. The molecule has 0 radical (unpaired) electrons. The van der Waals surface area contributed by atoms with E-state index in [2.05, 4.69) is 20.3 Å². The summed E-state index contributed by atoms with van der Waals surface area (Å²) >= 11 is 0. The van der Waals surface area contributed by atoms with Crippen molar-refractivity contribution in [1.82, 2.24) is 20.3 Å². The van der Waals surface area contributed by atoms with Crippen molar-refractivity contribution in [2.75, 3.05) is 6.54 Å². The third-order valence-corrected chi connectivity index (χ3v) is 3.82. The van der Waals surface area contributed by atoms with Gasteiger partial charge in [0.05, 0.1) is 6.04 Å². The number of pyridine rings is 1. The number of nitrogens with one attached hydrogen (secondary N) is 1. The molecule has 1 amide bonds. The summed E-state index contributed by atoms with van der Waals surface area (Å²) in [6, 6.07) is 1.77. The number of nitrogens with zero attached hydrogens (tertiary/aromatic N) is 3. The van der Waals surface area contributed by atoms with Crippen molar-refractivity contribution in [2.24, 2.45) is 11.7 Å². The van der Waals surface area contributed by atoms with E-state index in [9.17, 15) is 4.79 Å². The summed E-state index contributed by atoms with van der Waals surface area (Å²) in [5, 5.41) is 3.16. The molecule has 3 N–H and O–H groups in total. The minimum absolute atomic E-state index is 0.215. The van der Waals surface area contributed by atoms with Gasteiger partial charge >= 0.3 is 0 Å². The summed E-state index contributed by atoms with van der Waals surface area (Å²) < 4.78 is 0. The van der Waals surface area contributed by atoms with Crippen LogP contribution in [0.1, 0.15) is 18.4 Å². The predicted molar refractivity (Wildman–Crippen MR) is 74.7 cm³/mol. The summed E-state index contributed by atoms with van der Waals surface area (Å²) in [4.78, 5) is 24.1. The maximum Gasteiger partial charge on any atom is 0.234 e. The Morgan fingerprint density at radius 2 is 2.10 bits per heavy atom. The Hall–Kier alpha value is -2.08. The van der Waals surface area contributed by atoms with E-state index in [1.807, 2.05) is 6.07 Å². The minimum Gasteiger partial charge on any atom is -0.368 e. The van der Waals surface area contributed by atoms with Crippen LogP contribution in [0.5, 0.6) is 0 Å². The van der Waals surface area contributed by atoms with E-state index in [0.717, 1.165) is 36.9 Å². The lowest BCUT2D eigenvalue weighted by atomic mass is 9.87. The molecule has 1 aliphatic heterocycles. The summed E-state index contributed by atoms with van der Waals surface area (Å²) in [5.41, 5.74) is 8.04. The van der Waals surface area contributed by atoms with E-state index in [4.69, 9.17) is 5.73 Å². The van der Waals surface area contributed by atoms with Gasteiger partial charge in [0.25, 0.3) is 0 Å². The first kappa shape index (κ1) is 12.9. The molecule has 2 atom stereocenters. The number of hydrogen-bond donors (Lipinski definition) is 2. The molecule has 6 heteroatoms.